The number of hydrogen-bond donors (Lipinski definition) is 3. The monoisotopic (exact) mass is 414 g/mol. The van der Waals surface area contributed by atoms with E-state index in [-0.39, 0.29) is 13.2 Å². The van der Waals surface area contributed by atoms with Gasteiger partial charge in [0.15, 0.2) is 0 Å². The van der Waals surface area contributed by atoms with Crippen LogP contribution in [0.15, 0.2) is 12.2 Å². The Balaban J connectivity index is 1.88. The molecule has 1 aliphatic heterocycles. The van der Waals surface area contributed by atoms with Crippen LogP contribution in [-0.2, 0) is 9.47 Å². The van der Waals surface area contributed by atoms with Crippen LogP contribution >= 0.6 is 0 Å². The summed E-state index contributed by atoms with van der Waals surface area (Å²) in [6.07, 6.45) is 19.3. The lowest BCUT2D eigenvalue weighted by Crippen LogP contribution is -2.55. The van der Waals surface area contributed by atoms with Crippen LogP contribution in [0.3, 0.4) is 0 Å². The Morgan fingerprint density at radius 3 is 1.97 bits per heavy atom. The molecule has 4 atom stereocenters. The van der Waals surface area contributed by atoms with Gasteiger partial charge in [-0.3, -0.25) is 0 Å². The molecule has 0 amide bonds. The minimum absolute atomic E-state index is 0.0955. The van der Waals surface area contributed by atoms with Gasteiger partial charge in [-0.2, -0.15) is 0 Å². The highest BCUT2D eigenvalue weighted by molar-refractivity contribution is 4.87. The summed E-state index contributed by atoms with van der Waals surface area (Å²) in [6, 6.07) is 0. The molecule has 1 rings (SSSR count). The maximum Gasteiger partial charge on any atom is 0.114 e. The van der Waals surface area contributed by atoms with Crippen molar-refractivity contribution < 1.29 is 24.8 Å². The van der Waals surface area contributed by atoms with E-state index in [1.807, 2.05) is 0 Å². The van der Waals surface area contributed by atoms with Crippen molar-refractivity contribution in [1.82, 2.24) is 0 Å². The maximum atomic E-state index is 10.1. The van der Waals surface area contributed by atoms with Gasteiger partial charge in [0.1, 0.15) is 24.4 Å². The molecule has 0 aromatic rings. The van der Waals surface area contributed by atoms with Crippen LogP contribution < -0.4 is 0 Å². The van der Waals surface area contributed by atoms with E-state index in [1.165, 1.54) is 70.6 Å². The van der Waals surface area contributed by atoms with E-state index in [0.717, 1.165) is 19.3 Å². The Morgan fingerprint density at radius 2 is 1.38 bits per heavy atom. The van der Waals surface area contributed by atoms with Gasteiger partial charge in [-0.05, 0) is 32.1 Å². The zero-order valence-corrected chi connectivity index (χ0v) is 18.6. The van der Waals surface area contributed by atoms with Crippen molar-refractivity contribution in [3.05, 3.63) is 12.2 Å². The normalized spacial score (nSPS) is 25.1. The average Bonchev–Trinajstić information content (AvgIpc) is 2.72. The van der Waals surface area contributed by atoms with Gasteiger partial charge in [0.25, 0.3) is 0 Å². The highest BCUT2D eigenvalue weighted by Gasteiger charge is 2.38. The molecule has 1 heterocycles. The van der Waals surface area contributed by atoms with E-state index in [2.05, 4.69) is 19.1 Å². The SMILES string of the molecule is CCCCCCCCCC/C=C/CCCCCCO[C@H]1[C@H](O)[C@@H](CO)OC[C@@H]1O. The molecule has 0 spiro atoms. The molecule has 0 aromatic carbocycles. The fourth-order valence-electron chi connectivity index (χ4n) is 3.79. The topological polar surface area (TPSA) is 79.2 Å². The van der Waals surface area contributed by atoms with Crippen molar-refractivity contribution in [2.45, 2.75) is 121 Å². The first kappa shape index (κ1) is 26.6. The molecular formula is C24H46O5. The summed E-state index contributed by atoms with van der Waals surface area (Å²) in [7, 11) is 0. The molecule has 0 radical (unpaired) electrons. The lowest BCUT2D eigenvalue weighted by atomic mass is 10.0. The molecule has 0 bridgehead atoms. The summed E-state index contributed by atoms with van der Waals surface area (Å²) in [5, 5.41) is 29.1. The second-order valence-corrected chi connectivity index (χ2v) is 8.39. The number of aliphatic hydroxyl groups excluding tert-OH is 3. The molecule has 0 saturated carbocycles. The highest BCUT2D eigenvalue weighted by Crippen LogP contribution is 2.19. The fourth-order valence-corrected chi connectivity index (χ4v) is 3.79. The van der Waals surface area contributed by atoms with Crippen molar-refractivity contribution in [2.75, 3.05) is 19.8 Å². The Morgan fingerprint density at radius 1 is 0.828 bits per heavy atom. The number of ether oxygens (including phenoxy) is 2. The van der Waals surface area contributed by atoms with Gasteiger partial charge in [0, 0.05) is 6.61 Å². The van der Waals surface area contributed by atoms with Crippen molar-refractivity contribution in [3.8, 4) is 0 Å². The molecule has 5 nitrogen and oxygen atoms in total. The molecule has 3 N–H and O–H groups in total. The third kappa shape index (κ3) is 12.7. The van der Waals surface area contributed by atoms with Crippen molar-refractivity contribution >= 4 is 0 Å². The number of unbranched alkanes of at least 4 members (excludes halogenated alkanes) is 12. The van der Waals surface area contributed by atoms with Crippen LogP contribution in [-0.4, -0.2) is 59.6 Å². The van der Waals surface area contributed by atoms with Gasteiger partial charge in [-0.1, -0.05) is 76.9 Å². The summed E-state index contributed by atoms with van der Waals surface area (Å²) >= 11 is 0. The first-order valence-corrected chi connectivity index (χ1v) is 12.1. The molecule has 5 heteroatoms. The summed E-state index contributed by atoms with van der Waals surface area (Å²) < 4.78 is 10.8. The smallest absolute Gasteiger partial charge is 0.114 e. The third-order valence-electron chi connectivity index (χ3n) is 5.72. The van der Waals surface area contributed by atoms with E-state index in [9.17, 15) is 10.2 Å². The fraction of sp³-hybridized carbons (Fsp3) is 0.917. The third-order valence-corrected chi connectivity index (χ3v) is 5.72. The van der Waals surface area contributed by atoms with Gasteiger partial charge in [0.05, 0.1) is 13.2 Å². The Kier molecular flexibility index (Phi) is 16.8. The minimum Gasteiger partial charge on any atom is -0.394 e. The molecular weight excluding hydrogens is 368 g/mol. The highest BCUT2D eigenvalue weighted by atomic mass is 16.6. The van der Waals surface area contributed by atoms with Crippen molar-refractivity contribution in [2.24, 2.45) is 0 Å². The van der Waals surface area contributed by atoms with Crippen LogP contribution in [0.2, 0.25) is 0 Å². The predicted octanol–water partition coefficient (Wildman–Crippen LogP) is 4.52. The van der Waals surface area contributed by atoms with E-state index < -0.39 is 24.4 Å². The average molecular weight is 415 g/mol. The lowest BCUT2D eigenvalue weighted by molar-refractivity contribution is -0.210. The molecule has 1 aliphatic rings. The van der Waals surface area contributed by atoms with Gasteiger partial charge < -0.3 is 24.8 Å². The van der Waals surface area contributed by atoms with Gasteiger partial charge in [0.2, 0.25) is 0 Å². The first-order valence-electron chi connectivity index (χ1n) is 12.1. The van der Waals surface area contributed by atoms with Crippen molar-refractivity contribution in [3.63, 3.8) is 0 Å². The maximum absolute atomic E-state index is 10.1. The lowest BCUT2D eigenvalue weighted by Gasteiger charge is -2.37. The first-order chi connectivity index (χ1) is 14.2. The number of aliphatic hydroxyl groups is 3. The minimum atomic E-state index is -0.977. The quantitative estimate of drug-likeness (QED) is 0.227. The van der Waals surface area contributed by atoms with E-state index in [1.54, 1.807) is 0 Å². The molecule has 0 aliphatic carbocycles. The largest absolute Gasteiger partial charge is 0.394 e. The van der Waals surface area contributed by atoms with Crippen LogP contribution in [0.4, 0.5) is 0 Å². The standard InChI is InChI=1S/C24H46O5/c1-2-3-4-5-6-7-8-9-10-11-12-13-14-15-16-17-18-28-24-21(26)20-29-22(19-25)23(24)27/h11-12,21-27H,2-10,13-20H2,1H3/b12-11+/t21-,22+,23+,24+/m0/s1. The van der Waals surface area contributed by atoms with Crippen LogP contribution in [0.1, 0.15) is 96.8 Å². The number of hydrogen-bond acceptors (Lipinski definition) is 5. The Labute approximate surface area is 178 Å². The molecule has 0 aromatic heterocycles. The van der Waals surface area contributed by atoms with Crippen LogP contribution in [0.25, 0.3) is 0 Å². The summed E-state index contributed by atoms with van der Waals surface area (Å²) in [5.74, 6) is 0. The molecule has 29 heavy (non-hydrogen) atoms. The molecule has 172 valence electrons. The molecule has 1 fully saturated rings. The molecule has 1 saturated heterocycles. The Bertz CT molecular complexity index is 387. The van der Waals surface area contributed by atoms with Crippen LogP contribution in [0.5, 0.6) is 0 Å². The summed E-state index contributed by atoms with van der Waals surface area (Å²) in [6.45, 7) is 2.62. The number of allylic oxidation sites excluding steroid dienone is 2. The van der Waals surface area contributed by atoms with E-state index in [0.29, 0.717) is 6.61 Å². The second kappa shape index (κ2) is 18.3. The number of rotatable bonds is 18. The molecule has 0 unspecified atom stereocenters. The van der Waals surface area contributed by atoms with E-state index in [4.69, 9.17) is 14.6 Å². The van der Waals surface area contributed by atoms with Gasteiger partial charge in [-0.15, -0.1) is 0 Å². The van der Waals surface area contributed by atoms with Gasteiger partial charge >= 0.3 is 0 Å². The van der Waals surface area contributed by atoms with Crippen LogP contribution in [0, 0.1) is 0 Å². The second-order valence-electron chi connectivity index (χ2n) is 8.39. The zero-order chi connectivity index (χ0) is 21.2. The Hall–Kier alpha value is -0.460. The van der Waals surface area contributed by atoms with Crippen molar-refractivity contribution in [1.29, 1.82) is 0 Å². The van der Waals surface area contributed by atoms with E-state index >= 15 is 0 Å². The zero-order valence-electron chi connectivity index (χ0n) is 18.6. The summed E-state index contributed by atoms with van der Waals surface area (Å²) in [4.78, 5) is 0. The van der Waals surface area contributed by atoms with Gasteiger partial charge in [-0.25, -0.2) is 0 Å². The predicted molar refractivity (Wildman–Crippen MR) is 118 cm³/mol. The summed E-state index contributed by atoms with van der Waals surface area (Å²) in [5.41, 5.74) is 0.